The third kappa shape index (κ3) is 4.20. The fourth-order valence-corrected chi connectivity index (χ4v) is 4.24. The lowest BCUT2D eigenvalue weighted by Crippen LogP contribution is -2.27. The third-order valence-electron chi connectivity index (χ3n) is 6.13. The maximum Gasteiger partial charge on any atom is 0.321 e. The van der Waals surface area contributed by atoms with E-state index in [2.05, 4.69) is 51.9 Å². The Morgan fingerprint density at radius 3 is 2.71 bits per heavy atom. The average Bonchev–Trinajstić information content (AvgIpc) is 3.49. The van der Waals surface area contributed by atoms with Gasteiger partial charge < -0.3 is 20.5 Å². The second-order valence-corrected chi connectivity index (χ2v) is 8.64. The van der Waals surface area contributed by atoms with E-state index in [1.54, 1.807) is 14.1 Å². The number of hydrogen-bond donors (Lipinski definition) is 3. The van der Waals surface area contributed by atoms with Crippen LogP contribution in [0.4, 0.5) is 10.5 Å². The number of amides is 2. The number of carbonyl (C=O) groups excluding carboxylic acids is 1. The lowest BCUT2D eigenvalue weighted by Gasteiger charge is -2.12. The number of hydrogen-bond acceptors (Lipinski definition) is 4. The van der Waals surface area contributed by atoms with Gasteiger partial charge in [0.1, 0.15) is 11.3 Å². The van der Waals surface area contributed by atoms with Crippen molar-refractivity contribution in [2.75, 3.05) is 32.5 Å². The molecular formula is C26H29N7O. The molecule has 0 atom stereocenters. The Morgan fingerprint density at radius 2 is 2.00 bits per heavy atom. The summed E-state index contributed by atoms with van der Waals surface area (Å²) in [6.45, 7) is 4.74. The van der Waals surface area contributed by atoms with Crippen LogP contribution < -0.4 is 10.6 Å². The Bertz CT molecular complexity index is 1360. The van der Waals surface area contributed by atoms with Crippen LogP contribution in [0.2, 0.25) is 0 Å². The minimum absolute atomic E-state index is 0.157. The van der Waals surface area contributed by atoms with E-state index in [-0.39, 0.29) is 6.03 Å². The smallest absolute Gasteiger partial charge is 0.321 e. The predicted molar refractivity (Wildman–Crippen MR) is 137 cm³/mol. The molecule has 0 saturated carbocycles. The number of anilines is 1. The average molecular weight is 456 g/mol. The summed E-state index contributed by atoms with van der Waals surface area (Å²) in [5.74, 6) is 0. The Morgan fingerprint density at radius 1 is 1.18 bits per heavy atom. The molecule has 0 fully saturated rings. The fourth-order valence-electron chi connectivity index (χ4n) is 4.24. The summed E-state index contributed by atoms with van der Waals surface area (Å²) in [5.41, 5.74) is 8.13. The molecule has 34 heavy (non-hydrogen) atoms. The van der Waals surface area contributed by atoms with Crippen molar-refractivity contribution in [3.8, 4) is 22.4 Å². The first-order valence-corrected chi connectivity index (χ1v) is 11.6. The topological polar surface area (TPSA) is 90.9 Å². The van der Waals surface area contributed by atoms with E-state index in [0.29, 0.717) is 0 Å². The molecule has 8 heteroatoms. The number of aromatic nitrogens is 4. The van der Waals surface area contributed by atoms with E-state index in [1.807, 2.05) is 35.1 Å². The Kier molecular flexibility index (Phi) is 5.90. The number of pyridine rings is 1. The standard InChI is InChI=1S/C26H29N7O/c1-4-33-16-22(24(31-33)18-5-7-19(8-6-18)29-26(34)32(2)3)20-11-14-28-25-21(20)15-23(30-25)17-9-12-27-13-10-17/h5-9,11,14-16,27H,4,10,12-13H2,1-3H3,(H,28,30)(H,29,34). The number of nitrogens with zero attached hydrogens (tertiary/aromatic N) is 4. The van der Waals surface area contributed by atoms with Crippen LogP contribution in [0.1, 0.15) is 19.0 Å². The molecule has 0 saturated heterocycles. The van der Waals surface area contributed by atoms with E-state index >= 15 is 0 Å². The van der Waals surface area contributed by atoms with E-state index in [4.69, 9.17) is 5.10 Å². The van der Waals surface area contributed by atoms with Crippen LogP contribution in [0.15, 0.2) is 54.9 Å². The van der Waals surface area contributed by atoms with Crippen molar-refractivity contribution < 1.29 is 4.79 Å². The lowest BCUT2D eigenvalue weighted by molar-refractivity contribution is 0.230. The summed E-state index contributed by atoms with van der Waals surface area (Å²) in [4.78, 5) is 21.6. The van der Waals surface area contributed by atoms with Crippen molar-refractivity contribution in [3.63, 3.8) is 0 Å². The predicted octanol–water partition coefficient (Wildman–Crippen LogP) is 4.58. The Hall–Kier alpha value is -3.91. The summed E-state index contributed by atoms with van der Waals surface area (Å²) >= 11 is 0. The molecule has 0 bridgehead atoms. The van der Waals surface area contributed by atoms with Gasteiger partial charge in [0.05, 0.1) is 0 Å². The molecule has 2 amide bonds. The van der Waals surface area contributed by atoms with Crippen molar-refractivity contribution in [1.29, 1.82) is 0 Å². The van der Waals surface area contributed by atoms with Gasteiger partial charge in [0.2, 0.25) is 0 Å². The molecule has 1 aliphatic heterocycles. The Labute approximate surface area is 198 Å². The summed E-state index contributed by atoms with van der Waals surface area (Å²) in [7, 11) is 3.44. The molecule has 3 aromatic heterocycles. The largest absolute Gasteiger partial charge is 0.339 e. The van der Waals surface area contributed by atoms with Crippen LogP contribution in [0.25, 0.3) is 39.0 Å². The zero-order chi connectivity index (χ0) is 23.7. The number of carbonyl (C=O) groups is 1. The molecule has 1 aromatic carbocycles. The van der Waals surface area contributed by atoms with Gasteiger partial charge in [0.25, 0.3) is 0 Å². The monoisotopic (exact) mass is 455 g/mol. The molecule has 1 aliphatic rings. The number of nitrogens with one attached hydrogen (secondary N) is 3. The number of urea groups is 1. The minimum atomic E-state index is -0.157. The molecule has 8 nitrogen and oxygen atoms in total. The van der Waals surface area contributed by atoms with Crippen LogP contribution in [-0.2, 0) is 6.54 Å². The first-order chi connectivity index (χ1) is 16.5. The highest BCUT2D eigenvalue weighted by molar-refractivity contribution is 5.98. The second kappa shape index (κ2) is 9.15. The highest BCUT2D eigenvalue weighted by Gasteiger charge is 2.18. The normalized spacial score (nSPS) is 13.7. The van der Waals surface area contributed by atoms with Crippen LogP contribution in [0.3, 0.4) is 0 Å². The van der Waals surface area contributed by atoms with Crippen molar-refractivity contribution >= 4 is 28.3 Å². The molecule has 0 spiro atoms. The first kappa shape index (κ1) is 21.9. The summed E-state index contributed by atoms with van der Waals surface area (Å²) in [5, 5.41) is 12.2. The fraction of sp³-hybridized carbons (Fsp3) is 0.269. The van der Waals surface area contributed by atoms with Gasteiger partial charge in [-0.05, 0) is 55.3 Å². The van der Waals surface area contributed by atoms with E-state index < -0.39 is 0 Å². The maximum absolute atomic E-state index is 12.0. The van der Waals surface area contributed by atoms with Crippen molar-refractivity contribution in [2.24, 2.45) is 0 Å². The second-order valence-electron chi connectivity index (χ2n) is 8.64. The molecule has 3 N–H and O–H groups in total. The van der Waals surface area contributed by atoms with Gasteiger partial charge in [-0.15, -0.1) is 0 Å². The van der Waals surface area contributed by atoms with Gasteiger partial charge in [-0.25, -0.2) is 9.78 Å². The minimum Gasteiger partial charge on any atom is -0.339 e. The highest BCUT2D eigenvalue weighted by Crippen LogP contribution is 2.36. The van der Waals surface area contributed by atoms with Crippen LogP contribution in [-0.4, -0.2) is 57.9 Å². The van der Waals surface area contributed by atoms with Crippen molar-refractivity contribution in [1.82, 2.24) is 30.0 Å². The van der Waals surface area contributed by atoms with Gasteiger partial charge in [0.15, 0.2) is 0 Å². The van der Waals surface area contributed by atoms with Gasteiger partial charge >= 0.3 is 6.03 Å². The molecule has 0 aliphatic carbocycles. The summed E-state index contributed by atoms with van der Waals surface area (Å²) in [6, 6.07) is 11.9. The molecular weight excluding hydrogens is 426 g/mol. The summed E-state index contributed by atoms with van der Waals surface area (Å²) in [6.07, 6.45) is 7.19. The van der Waals surface area contributed by atoms with Gasteiger partial charge in [-0.3, -0.25) is 4.68 Å². The number of fused-ring (bicyclic) bond motifs is 1. The zero-order valence-electron chi connectivity index (χ0n) is 19.7. The van der Waals surface area contributed by atoms with Gasteiger partial charge in [-0.1, -0.05) is 18.2 Å². The van der Waals surface area contributed by atoms with Crippen molar-refractivity contribution in [2.45, 2.75) is 19.9 Å². The molecule has 4 heterocycles. The van der Waals surface area contributed by atoms with E-state index in [1.165, 1.54) is 10.5 Å². The van der Waals surface area contributed by atoms with Crippen LogP contribution in [0.5, 0.6) is 0 Å². The molecule has 4 aromatic rings. The number of aryl methyl sites for hydroxylation is 1. The lowest BCUT2D eigenvalue weighted by atomic mass is 9.99. The van der Waals surface area contributed by atoms with Gasteiger partial charge in [-0.2, -0.15) is 5.10 Å². The number of benzene rings is 1. The SMILES string of the molecule is CCn1cc(-c2ccnc3[nH]c(C4=CCNCC4)cc23)c(-c2ccc(NC(=O)N(C)C)cc2)n1. The van der Waals surface area contributed by atoms with E-state index in [0.717, 1.165) is 70.9 Å². The third-order valence-corrected chi connectivity index (χ3v) is 6.13. The number of aromatic amines is 1. The highest BCUT2D eigenvalue weighted by atomic mass is 16.2. The van der Waals surface area contributed by atoms with E-state index in [9.17, 15) is 4.79 Å². The van der Waals surface area contributed by atoms with Gasteiger partial charge in [0, 0.05) is 67.5 Å². The first-order valence-electron chi connectivity index (χ1n) is 11.6. The van der Waals surface area contributed by atoms with Crippen molar-refractivity contribution in [3.05, 3.63) is 60.6 Å². The van der Waals surface area contributed by atoms with Crippen LogP contribution >= 0.6 is 0 Å². The molecule has 5 rings (SSSR count). The molecule has 0 radical (unpaired) electrons. The molecule has 0 unspecified atom stereocenters. The summed E-state index contributed by atoms with van der Waals surface area (Å²) < 4.78 is 1.96. The van der Waals surface area contributed by atoms with Crippen LogP contribution in [0, 0.1) is 0 Å². The Balaban J connectivity index is 1.55. The quantitative estimate of drug-likeness (QED) is 0.411. The zero-order valence-corrected chi connectivity index (χ0v) is 19.7. The maximum atomic E-state index is 12.0. The molecule has 174 valence electrons. The number of rotatable bonds is 5. The number of H-pyrrole nitrogens is 1.